The number of hydrogen-bond acceptors (Lipinski definition) is 3. The number of amidine groups is 5. The molecule has 10 heteroatoms. The zero-order valence-electron chi connectivity index (χ0n) is 32.7. The van der Waals surface area contributed by atoms with Gasteiger partial charge in [0.1, 0.15) is 13.1 Å². The first kappa shape index (κ1) is 40.4. The van der Waals surface area contributed by atoms with Crippen LogP contribution in [0.25, 0.3) is 0 Å². The number of likely N-dealkylation sites (tertiary alicyclic amines) is 1. The first-order valence-corrected chi connectivity index (χ1v) is 17.3. The molecule has 5 heterocycles. The summed E-state index contributed by atoms with van der Waals surface area (Å²) in [6.45, 7) is 25.5. The largest absolute Gasteiger partial charge is 0.271 e. The van der Waals surface area contributed by atoms with Gasteiger partial charge in [0.25, 0.3) is 0 Å². The average Bonchev–Trinajstić information content (AvgIpc) is 3.20. The van der Waals surface area contributed by atoms with Crippen molar-refractivity contribution in [3.8, 4) is 0 Å². The summed E-state index contributed by atoms with van der Waals surface area (Å²) in [6.07, 6.45) is 4.08. The quantitative estimate of drug-likeness (QED) is 0.230. The molecule has 0 spiro atoms. The standard InChI is InChI=1S/C8H15N2.C8H17N2.C7H15N2.C6H13N2.C6H15N2/c1-8(9-4-2-5-9)10-6-3-7-10;1-7-5-9(3)8(2)10(4)6-7;1-7-8(2)5-4-6-9(7)3;1-6-7(2)4-5-8(6)3;1-6(7(2)3)8(4)5/h2-7H2,1H3;7H,5-6H2,1-4H3;4-6H2,1-3H3;4-5H2,1-3H3;1-5H3/q5*+1. The second kappa shape index (κ2) is 19.8. The van der Waals surface area contributed by atoms with Crippen LogP contribution < -0.4 is 0 Å². The summed E-state index contributed by atoms with van der Waals surface area (Å²) < 4.78 is 11.4. The van der Waals surface area contributed by atoms with Crippen molar-refractivity contribution in [3.05, 3.63) is 0 Å². The molecule has 0 saturated carbocycles. The van der Waals surface area contributed by atoms with Crippen LogP contribution in [0.2, 0.25) is 0 Å². The zero-order valence-corrected chi connectivity index (χ0v) is 32.7. The van der Waals surface area contributed by atoms with Gasteiger partial charge in [0.05, 0.1) is 123 Å². The van der Waals surface area contributed by atoms with E-state index in [1.165, 1.54) is 114 Å². The van der Waals surface area contributed by atoms with Crippen LogP contribution in [0.1, 0.15) is 60.8 Å². The maximum Gasteiger partial charge on any atom is 0.243 e. The fourth-order valence-electron chi connectivity index (χ4n) is 5.50. The van der Waals surface area contributed by atoms with Crippen LogP contribution in [0.5, 0.6) is 0 Å². The van der Waals surface area contributed by atoms with E-state index >= 15 is 0 Å². The molecule has 5 aliphatic heterocycles. The van der Waals surface area contributed by atoms with E-state index in [4.69, 9.17) is 0 Å². The van der Waals surface area contributed by atoms with Crippen molar-refractivity contribution in [1.82, 2.24) is 24.5 Å². The summed E-state index contributed by atoms with van der Waals surface area (Å²) in [5.41, 5.74) is 0. The molecule has 0 aromatic carbocycles. The molecule has 260 valence electrons. The van der Waals surface area contributed by atoms with Gasteiger partial charge in [-0.05, 0) is 0 Å². The Bertz CT molecular complexity index is 1080. The van der Waals surface area contributed by atoms with Crippen LogP contribution in [0, 0.1) is 5.92 Å². The smallest absolute Gasteiger partial charge is 0.243 e. The van der Waals surface area contributed by atoms with E-state index in [1.807, 2.05) is 28.2 Å². The SMILES string of the molecule is CC(N(C)C)=[N+](C)C.CC(N1CCC1)=[N+]1CCC1.CC1=[N+](C)CC(C)CN1C.CC1=[N+](C)CCCN1C.CC1=[N+](C)CCN1C. The van der Waals surface area contributed by atoms with Crippen molar-refractivity contribution < 1.29 is 22.9 Å². The molecule has 5 aliphatic rings. The number of nitrogens with zero attached hydrogens (tertiary/aromatic N) is 10. The van der Waals surface area contributed by atoms with E-state index in [1.54, 1.807) is 0 Å². The molecule has 0 aromatic heterocycles. The Labute approximate surface area is 278 Å². The summed E-state index contributed by atoms with van der Waals surface area (Å²) in [7, 11) is 21.0. The van der Waals surface area contributed by atoms with Crippen LogP contribution in [0.15, 0.2) is 0 Å². The zero-order chi connectivity index (χ0) is 34.4. The van der Waals surface area contributed by atoms with Gasteiger partial charge >= 0.3 is 0 Å². The predicted molar refractivity (Wildman–Crippen MR) is 195 cm³/mol. The molecule has 1 atom stereocenters. The van der Waals surface area contributed by atoms with Crippen LogP contribution in [-0.2, 0) is 0 Å². The Balaban J connectivity index is 0.000000282. The normalized spacial score (nSPS) is 20.8. The van der Waals surface area contributed by atoms with E-state index in [9.17, 15) is 0 Å². The fraction of sp³-hybridized carbons (Fsp3) is 0.857. The van der Waals surface area contributed by atoms with Crippen molar-refractivity contribution >= 4 is 29.2 Å². The van der Waals surface area contributed by atoms with E-state index in [0.717, 1.165) is 5.92 Å². The van der Waals surface area contributed by atoms with Gasteiger partial charge in [-0.1, -0.05) is 6.92 Å². The first-order valence-electron chi connectivity index (χ1n) is 17.3. The van der Waals surface area contributed by atoms with E-state index in [0.29, 0.717) is 0 Å². The van der Waals surface area contributed by atoms with Gasteiger partial charge in [-0.3, -0.25) is 47.4 Å². The molecule has 45 heavy (non-hydrogen) atoms. The average molecular weight is 636 g/mol. The summed E-state index contributed by atoms with van der Waals surface area (Å²) in [4.78, 5) is 11.4. The highest BCUT2D eigenvalue weighted by atomic mass is 15.3. The van der Waals surface area contributed by atoms with Gasteiger partial charge in [-0.25, -0.2) is 0 Å². The Hall–Kier alpha value is -2.65. The molecule has 0 aliphatic carbocycles. The van der Waals surface area contributed by atoms with Gasteiger partial charge in [-0.15, -0.1) is 0 Å². The van der Waals surface area contributed by atoms with Gasteiger partial charge in [0.15, 0.2) is 0 Å². The van der Waals surface area contributed by atoms with Gasteiger partial charge in [0, 0.05) is 59.8 Å². The third-order valence-electron chi connectivity index (χ3n) is 10.2. The molecule has 1 unspecified atom stereocenters. The molecule has 0 aromatic rings. The summed E-state index contributed by atoms with van der Waals surface area (Å²) in [5, 5.41) is 0. The Kier molecular flexibility index (Phi) is 17.7. The van der Waals surface area contributed by atoms with E-state index < -0.39 is 0 Å². The molecule has 0 bridgehead atoms. The molecule has 0 amide bonds. The third-order valence-corrected chi connectivity index (χ3v) is 10.2. The maximum absolute atomic E-state index is 2.47. The Morgan fingerprint density at radius 2 is 1.20 bits per heavy atom. The highest BCUT2D eigenvalue weighted by Gasteiger charge is 2.27. The topological polar surface area (TPSA) is 31.2 Å². The Morgan fingerprint density at radius 1 is 0.689 bits per heavy atom. The van der Waals surface area contributed by atoms with Crippen molar-refractivity contribution in [2.75, 3.05) is 136 Å². The fourth-order valence-corrected chi connectivity index (χ4v) is 5.50. The van der Waals surface area contributed by atoms with Gasteiger partial charge < -0.3 is 0 Å². The van der Waals surface area contributed by atoms with Crippen LogP contribution in [0.4, 0.5) is 0 Å². The lowest BCUT2D eigenvalue weighted by molar-refractivity contribution is -0.588. The molecule has 2 saturated heterocycles. The van der Waals surface area contributed by atoms with Crippen molar-refractivity contribution in [1.29, 1.82) is 0 Å². The molecule has 0 N–H and O–H groups in total. The Morgan fingerprint density at radius 3 is 1.49 bits per heavy atom. The second-order valence-electron chi connectivity index (χ2n) is 14.1. The number of rotatable bonds is 0. The van der Waals surface area contributed by atoms with Crippen LogP contribution in [-0.4, -0.2) is 212 Å². The lowest BCUT2D eigenvalue weighted by Gasteiger charge is -2.29. The van der Waals surface area contributed by atoms with Crippen LogP contribution in [0.3, 0.4) is 0 Å². The molecular formula is C35H75N10+5. The van der Waals surface area contributed by atoms with Crippen molar-refractivity contribution in [2.24, 2.45) is 5.92 Å². The molecule has 2 fully saturated rings. The highest BCUT2D eigenvalue weighted by Crippen LogP contribution is 2.09. The third kappa shape index (κ3) is 13.7. The first-order chi connectivity index (χ1) is 21.0. The monoisotopic (exact) mass is 636 g/mol. The predicted octanol–water partition coefficient (Wildman–Crippen LogP) is 1.77. The molecule has 10 nitrogen and oxygen atoms in total. The van der Waals surface area contributed by atoms with Crippen molar-refractivity contribution in [2.45, 2.75) is 60.8 Å². The number of likely N-dealkylation sites (N-methyl/N-ethyl adjacent to an activating group) is 2. The summed E-state index contributed by atoms with van der Waals surface area (Å²) in [5.74, 6) is 7.74. The molecular weight excluding hydrogens is 560 g/mol. The van der Waals surface area contributed by atoms with Gasteiger partial charge in [-0.2, -0.15) is 0 Å². The summed E-state index contributed by atoms with van der Waals surface area (Å²) in [6, 6.07) is 0. The highest BCUT2D eigenvalue weighted by molar-refractivity contribution is 5.76. The second-order valence-corrected chi connectivity index (χ2v) is 14.1. The lowest BCUT2D eigenvalue weighted by Crippen LogP contribution is -2.48. The molecule has 5 rings (SSSR count). The minimum absolute atomic E-state index is 0.804. The van der Waals surface area contributed by atoms with E-state index in [-0.39, 0.29) is 0 Å². The van der Waals surface area contributed by atoms with Gasteiger partial charge in [0.2, 0.25) is 29.2 Å². The molecule has 0 radical (unpaired) electrons. The van der Waals surface area contributed by atoms with Crippen molar-refractivity contribution in [3.63, 3.8) is 0 Å². The van der Waals surface area contributed by atoms with Crippen LogP contribution >= 0.6 is 0 Å². The van der Waals surface area contributed by atoms with E-state index in [2.05, 4.69) is 131 Å². The minimum Gasteiger partial charge on any atom is -0.271 e. The minimum atomic E-state index is 0.804. The summed E-state index contributed by atoms with van der Waals surface area (Å²) >= 11 is 0. The maximum atomic E-state index is 2.47. The lowest BCUT2D eigenvalue weighted by atomic mass is 10.1. The number of hydrogen-bond donors (Lipinski definition) is 0.